The van der Waals surface area contributed by atoms with E-state index in [1.165, 1.54) is 28.8 Å². The van der Waals surface area contributed by atoms with Gasteiger partial charge in [-0.1, -0.05) is 62.2 Å². The maximum absolute atomic E-state index is 12.3. The van der Waals surface area contributed by atoms with Gasteiger partial charge in [0.25, 0.3) is 0 Å². The monoisotopic (exact) mass is 419 g/mol. The molecule has 2 heteroatoms. The van der Waals surface area contributed by atoms with Gasteiger partial charge in [-0.3, -0.25) is 9.79 Å². The quantitative estimate of drug-likeness (QED) is 0.335. The zero-order chi connectivity index (χ0) is 22.3. The average Bonchev–Trinajstić information content (AvgIpc) is 3.34. The molecule has 1 aromatic rings. The van der Waals surface area contributed by atoms with Crippen molar-refractivity contribution in [3.8, 4) is 0 Å². The van der Waals surface area contributed by atoms with Gasteiger partial charge in [0, 0.05) is 31.2 Å². The smallest absolute Gasteiger partial charge is 0.132 e. The van der Waals surface area contributed by atoms with Crippen molar-refractivity contribution >= 4 is 11.5 Å². The zero-order valence-electron chi connectivity index (χ0n) is 20.2. The highest BCUT2D eigenvalue weighted by atomic mass is 16.1. The number of allylic oxidation sites excluding steroid dienone is 3. The van der Waals surface area contributed by atoms with E-state index in [9.17, 15) is 4.79 Å². The molecular formula is C29H41NO. The number of aliphatic imine (C=N–C) groups is 1. The van der Waals surface area contributed by atoms with E-state index in [0.717, 1.165) is 64.2 Å². The second kappa shape index (κ2) is 11.1. The van der Waals surface area contributed by atoms with Crippen LogP contribution in [0.1, 0.15) is 96.1 Å². The summed E-state index contributed by atoms with van der Waals surface area (Å²) in [5.41, 5.74) is 7.41. The largest absolute Gasteiger partial charge is 0.300 e. The summed E-state index contributed by atoms with van der Waals surface area (Å²) in [4.78, 5) is 17.0. The van der Waals surface area contributed by atoms with Crippen LogP contribution in [0.5, 0.6) is 0 Å². The van der Waals surface area contributed by atoms with E-state index < -0.39 is 0 Å². The summed E-state index contributed by atoms with van der Waals surface area (Å²) < 4.78 is 0. The Kier molecular flexibility index (Phi) is 8.46. The van der Waals surface area contributed by atoms with E-state index >= 15 is 0 Å². The van der Waals surface area contributed by atoms with Gasteiger partial charge in [0.05, 0.1) is 0 Å². The van der Waals surface area contributed by atoms with Gasteiger partial charge in [0.1, 0.15) is 5.78 Å². The van der Waals surface area contributed by atoms with Crippen LogP contribution in [-0.4, -0.2) is 11.5 Å². The SMILES string of the molecule is Cc1ccc(CCCC(=O)CCC2CC=C(CCC3=NC=C(CC(C)(C)C)C3)C2)cc1. The van der Waals surface area contributed by atoms with Crippen molar-refractivity contribution in [1.82, 2.24) is 0 Å². The number of nitrogens with zero attached hydrogens (tertiary/aromatic N) is 1. The molecule has 168 valence electrons. The minimum Gasteiger partial charge on any atom is -0.300 e. The van der Waals surface area contributed by atoms with E-state index in [2.05, 4.69) is 69.2 Å². The third-order valence-corrected chi connectivity index (χ3v) is 6.52. The number of carbonyl (C=O) groups excluding carboxylic acids is 1. The molecule has 31 heavy (non-hydrogen) atoms. The van der Waals surface area contributed by atoms with Crippen molar-refractivity contribution in [3.63, 3.8) is 0 Å². The summed E-state index contributed by atoms with van der Waals surface area (Å²) in [5.74, 6) is 1.12. The fourth-order valence-corrected chi connectivity index (χ4v) is 4.81. The number of Topliss-reactive ketones (excluding diaryl/α,β-unsaturated/α-hetero) is 1. The Morgan fingerprint density at radius 2 is 1.81 bits per heavy atom. The van der Waals surface area contributed by atoms with Crippen molar-refractivity contribution in [2.45, 2.75) is 98.3 Å². The van der Waals surface area contributed by atoms with Crippen LogP contribution in [0.25, 0.3) is 0 Å². The first-order valence-electron chi connectivity index (χ1n) is 12.3. The molecule has 2 nitrogen and oxygen atoms in total. The van der Waals surface area contributed by atoms with E-state index in [1.54, 1.807) is 5.57 Å². The molecule has 0 spiro atoms. The molecule has 1 aliphatic heterocycles. The fraction of sp³-hybridized carbons (Fsp3) is 0.586. The number of carbonyl (C=O) groups is 1. The number of hydrogen-bond donors (Lipinski definition) is 0. The molecule has 1 unspecified atom stereocenters. The minimum atomic E-state index is 0.343. The third-order valence-electron chi connectivity index (χ3n) is 6.52. The lowest BCUT2D eigenvalue weighted by molar-refractivity contribution is -0.119. The number of hydrogen-bond acceptors (Lipinski definition) is 2. The Hall–Kier alpha value is -1.96. The van der Waals surface area contributed by atoms with Gasteiger partial charge in [0.2, 0.25) is 0 Å². The molecule has 0 amide bonds. The van der Waals surface area contributed by atoms with Crippen molar-refractivity contribution < 1.29 is 4.79 Å². The molecule has 0 N–H and O–H groups in total. The van der Waals surface area contributed by atoms with Crippen LogP contribution < -0.4 is 0 Å². The molecule has 0 bridgehead atoms. The predicted octanol–water partition coefficient (Wildman–Crippen LogP) is 7.95. The van der Waals surface area contributed by atoms with Crippen molar-refractivity contribution in [3.05, 3.63) is 58.8 Å². The van der Waals surface area contributed by atoms with Gasteiger partial charge in [-0.05, 0) is 80.8 Å². The molecule has 0 saturated heterocycles. The van der Waals surface area contributed by atoms with Crippen LogP contribution in [0.3, 0.4) is 0 Å². The van der Waals surface area contributed by atoms with Crippen molar-refractivity contribution in [2.75, 3.05) is 0 Å². The van der Waals surface area contributed by atoms with Crippen molar-refractivity contribution in [1.29, 1.82) is 0 Å². The van der Waals surface area contributed by atoms with Gasteiger partial charge in [0.15, 0.2) is 0 Å². The fourth-order valence-electron chi connectivity index (χ4n) is 4.81. The van der Waals surface area contributed by atoms with Crippen LogP contribution >= 0.6 is 0 Å². The maximum Gasteiger partial charge on any atom is 0.132 e. The molecule has 0 radical (unpaired) electrons. The van der Waals surface area contributed by atoms with Crippen LogP contribution in [-0.2, 0) is 11.2 Å². The molecule has 3 rings (SSSR count). The van der Waals surface area contributed by atoms with Gasteiger partial charge >= 0.3 is 0 Å². The lowest BCUT2D eigenvalue weighted by atomic mass is 9.86. The number of aryl methyl sites for hydroxylation is 2. The molecule has 1 aliphatic carbocycles. The van der Waals surface area contributed by atoms with Gasteiger partial charge in [-0.25, -0.2) is 0 Å². The Morgan fingerprint density at radius 1 is 1.03 bits per heavy atom. The molecular weight excluding hydrogens is 378 g/mol. The summed E-state index contributed by atoms with van der Waals surface area (Å²) in [6.07, 6.45) is 15.9. The first-order chi connectivity index (χ1) is 14.8. The molecule has 0 saturated carbocycles. The van der Waals surface area contributed by atoms with E-state index in [4.69, 9.17) is 0 Å². The summed E-state index contributed by atoms with van der Waals surface area (Å²) >= 11 is 0. The Labute approximate surface area is 189 Å². The van der Waals surface area contributed by atoms with Gasteiger partial charge in [-0.15, -0.1) is 0 Å². The highest BCUT2D eigenvalue weighted by Crippen LogP contribution is 2.33. The van der Waals surface area contributed by atoms with Crippen LogP contribution in [0.15, 0.2) is 52.7 Å². The molecule has 1 atom stereocenters. The van der Waals surface area contributed by atoms with E-state index in [0.29, 0.717) is 17.1 Å². The summed E-state index contributed by atoms with van der Waals surface area (Å²) in [5, 5.41) is 0. The van der Waals surface area contributed by atoms with Crippen molar-refractivity contribution in [2.24, 2.45) is 16.3 Å². The second-order valence-electron chi connectivity index (χ2n) is 11.0. The zero-order valence-corrected chi connectivity index (χ0v) is 20.2. The van der Waals surface area contributed by atoms with E-state index in [1.807, 2.05) is 0 Å². The lowest BCUT2D eigenvalue weighted by Crippen LogP contribution is -2.07. The van der Waals surface area contributed by atoms with E-state index in [-0.39, 0.29) is 0 Å². The number of rotatable bonds is 11. The summed E-state index contributed by atoms with van der Waals surface area (Å²) in [6, 6.07) is 8.68. The number of benzene rings is 1. The Balaban J connectivity index is 1.25. The standard InChI is InChI=1S/C29H41NO/c1-22-8-10-23(11-9-22)6-5-7-28(31)17-15-25-13-12-24(18-25)14-16-27-19-26(21-30-27)20-29(2,3)4/h8-12,21,25H,5-7,13-20H2,1-4H3. The molecule has 2 aliphatic rings. The van der Waals surface area contributed by atoms with Crippen LogP contribution in [0, 0.1) is 18.3 Å². The third kappa shape index (κ3) is 8.59. The molecule has 0 aromatic heterocycles. The predicted molar refractivity (Wildman–Crippen MR) is 133 cm³/mol. The van der Waals surface area contributed by atoms with Crippen LogP contribution in [0.4, 0.5) is 0 Å². The topological polar surface area (TPSA) is 29.4 Å². The maximum atomic E-state index is 12.3. The highest BCUT2D eigenvalue weighted by Gasteiger charge is 2.20. The summed E-state index contributed by atoms with van der Waals surface area (Å²) in [7, 11) is 0. The van der Waals surface area contributed by atoms with Gasteiger partial charge in [-0.2, -0.15) is 0 Å². The minimum absolute atomic E-state index is 0.343. The normalized spacial score (nSPS) is 18.7. The molecule has 1 aromatic carbocycles. The molecule has 0 fully saturated rings. The second-order valence-corrected chi connectivity index (χ2v) is 11.0. The first kappa shape index (κ1) is 23.7. The Morgan fingerprint density at radius 3 is 2.55 bits per heavy atom. The average molecular weight is 420 g/mol. The molecule has 1 heterocycles. The summed E-state index contributed by atoms with van der Waals surface area (Å²) in [6.45, 7) is 9.00. The van der Waals surface area contributed by atoms with Gasteiger partial charge < -0.3 is 0 Å². The first-order valence-corrected chi connectivity index (χ1v) is 12.3. The Bertz CT molecular complexity index is 832. The highest BCUT2D eigenvalue weighted by molar-refractivity contribution is 5.89. The van der Waals surface area contributed by atoms with Crippen LogP contribution in [0.2, 0.25) is 0 Å². The number of ketones is 1. The lowest BCUT2D eigenvalue weighted by Gasteiger charge is -2.18.